The van der Waals surface area contributed by atoms with Gasteiger partial charge in [0.15, 0.2) is 0 Å². The number of urea groups is 1. The third kappa shape index (κ3) is 4.94. The number of nitrogens with two attached hydrogens (primary N) is 1. The van der Waals surface area contributed by atoms with E-state index in [0.29, 0.717) is 12.0 Å². The normalized spacial score (nSPS) is 26.0. The molecule has 1 saturated heterocycles. The molecular weight excluding hydrogens is 214 g/mol. The number of nitrogens with one attached hydrogen (secondary N) is 1. The predicted molar refractivity (Wildman–Crippen MR) is 70.8 cm³/mol. The molecule has 1 rings (SSSR count). The Morgan fingerprint density at radius 2 is 2.06 bits per heavy atom. The van der Waals surface area contributed by atoms with Crippen molar-refractivity contribution in [2.75, 3.05) is 19.6 Å². The van der Waals surface area contributed by atoms with E-state index in [-0.39, 0.29) is 11.4 Å². The fraction of sp³-hybridized carbons (Fsp3) is 0.923. The van der Waals surface area contributed by atoms with E-state index < -0.39 is 0 Å². The smallest absolute Gasteiger partial charge is 0.314 e. The second-order valence-electron chi connectivity index (χ2n) is 6.39. The van der Waals surface area contributed by atoms with Gasteiger partial charge in [-0.25, -0.2) is 4.79 Å². The molecule has 0 aromatic rings. The molecule has 2 atom stereocenters. The molecule has 3 N–H and O–H groups in total. The molecule has 0 bridgehead atoms. The van der Waals surface area contributed by atoms with Crippen LogP contribution in [0.1, 0.15) is 40.5 Å². The summed E-state index contributed by atoms with van der Waals surface area (Å²) in [5.41, 5.74) is 5.66. The second-order valence-corrected chi connectivity index (χ2v) is 6.39. The van der Waals surface area contributed by atoms with E-state index in [9.17, 15) is 4.79 Å². The largest absolute Gasteiger partial charge is 0.351 e. The maximum atomic E-state index is 11.3. The third-order valence-corrected chi connectivity index (χ3v) is 3.35. The summed E-state index contributed by atoms with van der Waals surface area (Å²) in [5.74, 6) is 0.578. The van der Waals surface area contributed by atoms with Gasteiger partial charge in [-0.2, -0.15) is 0 Å². The van der Waals surface area contributed by atoms with Crippen LogP contribution in [0, 0.1) is 11.3 Å². The van der Waals surface area contributed by atoms with Crippen molar-refractivity contribution in [2.45, 2.75) is 46.6 Å². The Morgan fingerprint density at radius 1 is 1.41 bits per heavy atom. The van der Waals surface area contributed by atoms with Crippen LogP contribution in [-0.2, 0) is 0 Å². The average Bonchev–Trinajstić information content (AvgIpc) is 2.25. The topological polar surface area (TPSA) is 58.4 Å². The number of carbonyl (C=O) groups excluding carboxylic acids is 1. The highest BCUT2D eigenvalue weighted by Crippen LogP contribution is 2.20. The van der Waals surface area contributed by atoms with Crippen LogP contribution in [0.25, 0.3) is 0 Å². The molecule has 1 fully saturated rings. The first-order valence-electron chi connectivity index (χ1n) is 6.59. The highest BCUT2D eigenvalue weighted by Gasteiger charge is 2.28. The van der Waals surface area contributed by atoms with Crippen molar-refractivity contribution in [3.05, 3.63) is 0 Å². The first kappa shape index (κ1) is 14.3. The Balaban J connectivity index is 2.51. The van der Waals surface area contributed by atoms with Crippen molar-refractivity contribution in [3.8, 4) is 0 Å². The molecule has 4 nitrogen and oxygen atoms in total. The quantitative estimate of drug-likeness (QED) is 0.791. The lowest BCUT2D eigenvalue weighted by Crippen LogP contribution is -2.53. The number of nitrogens with zero attached hydrogens (tertiary/aromatic N) is 1. The van der Waals surface area contributed by atoms with Crippen LogP contribution in [0.5, 0.6) is 0 Å². The fourth-order valence-corrected chi connectivity index (χ4v) is 2.28. The van der Waals surface area contributed by atoms with Gasteiger partial charge in [-0.1, -0.05) is 34.1 Å². The summed E-state index contributed by atoms with van der Waals surface area (Å²) in [4.78, 5) is 13.1. The van der Waals surface area contributed by atoms with E-state index in [1.165, 1.54) is 0 Å². The third-order valence-electron chi connectivity index (χ3n) is 3.35. The molecule has 4 heteroatoms. The molecule has 2 amide bonds. The number of primary amides is 1. The van der Waals surface area contributed by atoms with Crippen molar-refractivity contribution in [3.63, 3.8) is 0 Å². The Labute approximate surface area is 105 Å². The number of hydrogen-bond acceptors (Lipinski definition) is 2. The first-order valence-corrected chi connectivity index (χ1v) is 6.59. The number of likely N-dealkylation sites (tertiary alicyclic amines) is 1. The average molecular weight is 241 g/mol. The number of rotatable bonds is 3. The molecule has 0 aromatic carbocycles. The van der Waals surface area contributed by atoms with Crippen LogP contribution in [0.15, 0.2) is 0 Å². The van der Waals surface area contributed by atoms with Crippen molar-refractivity contribution in [1.29, 1.82) is 0 Å². The van der Waals surface area contributed by atoms with Gasteiger partial charge in [0.05, 0.1) is 0 Å². The predicted octanol–water partition coefficient (Wildman–Crippen LogP) is 1.80. The lowest BCUT2D eigenvalue weighted by molar-refractivity contribution is 0.146. The Morgan fingerprint density at radius 3 is 2.53 bits per heavy atom. The molecule has 0 radical (unpaired) electrons. The maximum Gasteiger partial charge on any atom is 0.314 e. The minimum Gasteiger partial charge on any atom is -0.351 e. The van der Waals surface area contributed by atoms with Crippen LogP contribution in [0.2, 0.25) is 0 Å². The van der Waals surface area contributed by atoms with Gasteiger partial charge in [0.25, 0.3) is 0 Å². The van der Waals surface area contributed by atoms with E-state index in [0.717, 1.165) is 32.5 Å². The number of carbonyl (C=O) groups is 1. The van der Waals surface area contributed by atoms with Crippen LogP contribution in [0.4, 0.5) is 4.79 Å². The van der Waals surface area contributed by atoms with Gasteiger partial charge in [0, 0.05) is 25.7 Å². The standard InChI is InChI=1S/C13H27N3O/c1-5-10-6-11(15-9-13(2,3)4)8-16(7-10)12(14)17/h10-11,15H,5-9H2,1-4H3,(H2,14,17). The molecule has 2 unspecified atom stereocenters. The lowest BCUT2D eigenvalue weighted by Gasteiger charge is -2.38. The monoisotopic (exact) mass is 241 g/mol. The Bertz CT molecular complexity index is 260. The van der Waals surface area contributed by atoms with E-state index in [1.807, 2.05) is 0 Å². The summed E-state index contributed by atoms with van der Waals surface area (Å²) in [7, 11) is 0. The zero-order valence-corrected chi connectivity index (χ0v) is 11.6. The minimum absolute atomic E-state index is 0.275. The number of piperidine rings is 1. The molecule has 1 aliphatic heterocycles. The molecule has 0 aromatic heterocycles. The summed E-state index contributed by atoms with van der Waals surface area (Å²) >= 11 is 0. The van der Waals surface area contributed by atoms with Gasteiger partial charge >= 0.3 is 6.03 Å². The second kappa shape index (κ2) is 5.71. The molecule has 100 valence electrons. The summed E-state index contributed by atoms with van der Waals surface area (Å²) in [6, 6.07) is 0.103. The molecule has 0 saturated carbocycles. The van der Waals surface area contributed by atoms with Crippen molar-refractivity contribution >= 4 is 6.03 Å². The number of amides is 2. The summed E-state index contributed by atoms with van der Waals surface area (Å²) in [6.07, 6.45) is 2.26. The van der Waals surface area contributed by atoms with Gasteiger partial charge < -0.3 is 16.0 Å². The maximum absolute atomic E-state index is 11.3. The van der Waals surface area contributed by atoms with Gasteiger partial charge in [0.2, 0.25) is 0 Å². The Kier molecular flexibility index (Phi) is 4.80. The van der Waals surface area contributed by atoms with Gasteiger partial charge in [0.1, 0.15) is 0 Å². The van der Waals surface area contributed by atoms with E-state index in [4.69, 9.17) is 5.73 Å². The van der Waals surface area contributed by atoms with Crippen molar-refractivity contribution < 1.29 is 4.79 Å². The summed E-state index contributed by atoms with van der Waals surface area (Å²) in [6.45, 7) is 11.4. The lowest BCUT2D eigenvalue weighted by atomic mass is 9.90. The SMILES string of the molecule is CCC1CC(NCC(C)(C)C)CN(C(N)=O)C1. The highest BCUT2D eigenvalue weighted by molar-refractivity contribution is 5.72. The molecule has 0 spiro atoms. The highest BCUT2D eigenvalue weighted by atomic mass is 16.2. The Hall–Kier alpha value is -0.770. The van der Waals surface area contributed by atoms with Crippen molar-refractivity contribution in [2.24, 2.45) is 17.1 Å². The van der Waals surface area contributed by atoms with Gasteiger partial charge in [-0.05, 0) is 17.8 Å². The zero-order chi connectivity index (χ0) is 13.1. The van der Waals surface area contributed by atoms with Crippen LogP contribution >= 0.6 is 0 Å². The molecular formula is C13H27N3O. The summed E-state index contributed by atoms with van der Waals surface area (Å²) < 4.78 is 0. The van der Waals surface area contributed by atoms with E-state index in [1.54, 1.807) is 4.90 Å². The number of hydrogen-bond donors (Lipinski definition) is 2. The summed E-state index contributed by atoms with van der Waals surface area (Å²) in [5, 5.41) is 3.56. The molecule has 1 aliphatic rings. The van der Waals surface area contributed by atoms with Crippen LogP contribution in [-0.4, -0.2) is 36.6 Å². The molecule has 0 aliphatic carbocycles. The van der Waals surface area contributed by atoms with Crippen LogP contribution in [0.3, 0.4) is 0 Å². The fourth-order valence-electron chi connectivity index (χ4n) is 2.28. The van der Waals surface area contributed by atoms with Gasteiger partial charge in [-0.3, -0.25) is 0 Å². The molecule has 17 heavy (non-hydrogen) atoms. The van der Waals surface area contributed by atoms with E-state index in [2.05, 4.69) is 33.0 Å². The first-order chi connectivity index (χ1) is 7.81. The molecule has 1 heterocycles. The minimum atomic E-state index is -0.286. The van der Waals surface area contributed by atoms with Gasteiger partial charge in [-0.15, -0.1) is 0 Å². The van der Waals surface area contributed by atoms with Crippen molar-refractivity contribution in [1.82, 2.24) is 10.2 Å². The zero-order valence-electron chi connectivity index (χ0n) is 11.6. The van der Waals surface area contributed by atoms with E-state index >= 15 is 0 Å². The van der Waals surface area contributed by atoms with Crippen LogP contribution < -0.4 is 11.1 Å².